The molecule has 3 rings (SSSR count). The highest BCUT2D eigenvalue weighted by atomic mass is 35.5. The van der Waals surface area contributed by atoms with Gasteiger partial charge in [-0.2, -0.15) is 4.31 Å². The maximum Gasteiger partial charge on any atom is 0.354 e. The van der Waals surface area contributed by atoms with Crippen LogP contribution in [-0.4, -0.2) is 48.9 Å². The van der Waals surface area contributed by atoms with Crippen molar-refractivity contribution in [3.05, 3.63) is 52.8 Å². The number of sulfonamides is 1. The average molecular weight is 454 g/mol. The van der Waals surface area contributed by atoms with Crippen LogP contribution in [0, 0.1) is 0 Å². The molecule has 1 atom stereocenters. The summed E-state index contributed by atoms with van der Waals surface area (Å²) in [5.41, 5.74) is 0.853. The predicted molar refractivity (Wildman–Crippen MR) is 112 cm³/mol. The van der Waals surface area contributed by atoms with Crippen LogP contribution in [0.4, 0.5) is 0 Å². The summed E-state index contributed by atoms with van der Waals surface area (Å²) in [4.78, 5) is 24.7. The maximum atomic E-state index is 13.5. The van der Waals surface area contributed by atoms with Gasteiger partial charge in [-0.1, -0.05) is 11.6 Å². The minimum atomic E-state index is -4.01. The first-order valence-corrected chi connectivity index (χ1v) is 11.4. The van der Waals surface area contributed by atoms with Crippen molar-refractivity contribution in [3.63, 3.8) is 0 Å². The van der Waals surface area contributed by atoms with Gasteiger partial charge in [0.1, 0.15) is 11.7 Å². The second kappa shape index (κ2) is 9.20. The number of esters is 1. The van der Waals surface area contributed by atoms with Gasteiger partial charge in [-0.05, 0) is 55.7 Å². The van der Waals surface area contributed by atoms with Crippen molar-refractivity contribution in [1.29, 1.82) is 0 Å². The lowest BCUT2D eigenvalue weighted by molar-refractivity contribution is -0.124. The first-order chi connectivity index (χ1) is 14.3. The van der Waals surface area contributed by atoms with Crippen LogP contribution in [0.25, 0.3) is 0 Å². The zero-order valence-electron chi connectivity index (χ0n) is 16.8. The summed E-state index contributed by atoms with van der Waals surface area (Å²) in [7, 11) is -1.08. The number of nitrogens with one attached hydrogen (secondary N) is 1. The molecule has 1 aliphatic rings. The molecule has 0 saturated carbocycles. The molecule has 1 unspecified atom stereocenters. The fourth-order valence-electron chi connectivity index (χ4n) is 3.48. The van der Waals surface area contributed by atoms with E-state index in [1.54, 1.807) is 23.7 Å². The summed E-state index contributed by atoms with van der Waals surface area (Å²) in [6.07, 6.45) is 1.91. The number of hydrogen-bond donors (Lipinski definition) is 1. The van der Waals surface area contributed by atoms with Gasteiger partial charge < -0.3 is 14.6 Å². The van der Waals surface area contributed by atoms with Gasteiger partial charge in [-0.15, -0.1) is 0 Å². The van der Waals surface area contributed by atoms with Crippen molar-refractivity contribution in [1.82, 2.24) is 14.2 Å². The van der Waals surface area contributed by atoms with Crippen LogP contribution >= 0.6 is 11.6 Å². The molecule has 0 radical (unpaired) electrons. The quantitative estimate of drug-likeness (QED) is 0.677. The van der Waals surface area contributed by atoms with E-state index in [0.717, 1.165) is 12.8 Å². The molecule has 1 aliphatic heterocycles. The lowest BCUT2D eigenvalue weighted by Gasteiger charge is -2.29. The van der Waals surface area contributed by atoms with E-state index in [4.69, 9.17) is 16.3 Å². The summed E-state index contributed by atoms with van der Waals surface area (Å²) in [5.74, 6) is -0.851. The van der Waals surface area contributed by atoms with Crippen LogP contribution < -0.4 is 5.32 Å². The van der Waals surface area contributed by atoms with Gasteiger partial charge in [0.2, 0.25) is 15.9 Å². The number of carbonyl (C=O) groups is 2. The van der Waals surface area contributed by atoms with E-state index in [1.807, 2.05) is 0 Å². The molecular formula is C20H24ClN3O5S. The molecule has 1 fully saturated rings. The molecule has 0 aliphatic carbocycles. The fraction of sp³-hybridized carbons (Fsp3) is 0.400. The summed E-state index contributed by atoms with van der Waals surface area (Å²) in [6.45, 7) is 0.442. The van der Waals surface area contributed by atoms with Crippen LogP contribution in [-0.2, 0) is 33.1 Å². The third-order valence-electron chi connectivity index (χ3n) is 5.21. The number of benzene rings is 1. The molecule has 162 valence electrons. The molecule has 0 bridgehead atoms. The van der Waals surface area contributed by atoms with E-state index < -0.39 is 22.0 Å². The van der Waals surface area contributed by atoms with Crippen LogP contribution in [0.3, 0.4) is 0 Å². The molecule has 1 aromatic carbocycles. The molecule has 1 aromatic heterocycles. The van der Waals surface area contributed by atoms with Crippen molar-refractivity contribution in [2.45, 2.75) is 36.7 Å². The molecule has 8 nitrogen and oxygen atoms in total. The van der Waals surface area contributed by atoms with E-state index in [0.29, 0.717) is 29.4 Å². The first kappa shape index (κ1) is 22.3. The SMILES string of the molecule is COC(=O)c1ccc(CN(C2CCCCNC2=O)S(=O)(=O)c2ccc(Cl)cc2)n1C. The summed E-state index contributed by atoms with van der Waals surface area (Å²) >= 11 is 5.91. The molecule has 1 N–H and O–H groups in total. The highest BCUT2D eigenvalue weighted by Gasteiger charge is 2.37. The number of nitrogens with zero attached hydrogens (tertiary/aromatic N) is 2. The molecule has 1 saturated heterocycles. The van der Waals surface area contributed by atoms with E-state index in [2.05, 4.69) is 5.32 Å². The van der Waals surface area contributed by atoms with E-state index >= 15 is 0 Å². The van der Waals surface area contributed by atoms with E-state index in [-0.39, 0.29) is 17.3 Å². The molecule has 30 heavy (non-hydrogen) atoms. The van der Waals surface area contributed by atoms with Gasteiger partial charge in [0.05, 0.1) is 18.6 Å². The third-order valence-corrected chi connectivity index (χ3v) is 7.33. The van der Waals surface area contributed by atoms with Crippen LogP contribution in [0.15, 0.2) is 41.3 Å². The van der Waals surface area contributed by atoms with Crippen molar-refractivity contribution in [3.8, 4) is 0 Å². The molecule has 2 heterocycles. The normalized spacial score (nSPS) is 17.5. The van der Waals surface area contributed by atoms with Crippen molar-refractivity contribution < 1.29 is 22.7 Å². The Balaban J connectivity index is 2.04. The second-order valence-electron chi connectivity index (χ2n) is 7.07. The summed E-state index contributed by atoms with van der Waals surface area (Å²) in [6, 6.07) is 8.21. The topological polar surface area (TPSA) is 97.7 Å². The van der Waals surface area contributed by atoms with Gasteiger partial charge in [0, 0.05) is 24.3 Å². The summed E-state index contributed by atoms with van der Waals surface area (Å²) in [5, 5.41) is 3.21. The Labute approximate surface area is 180 Å². The Morgan fingerprint density at radius 1 is 1.23 bits per heavy atom. The monoisotopic (exact) mass is 453 g/mol. The standard InChI is InChI=1S/C20H24ClN3O5S/c1-23-15(8-11-18(23)20(26)29-2)13-24(17-5-3-4-12-22-19(17)25)30(27,28)16-9-6-14(21)7-10-16/h6-11,17H,3-5,12-13H2,1-2H3,(H,22,25). The molecule has 0 spiro atoms. The number of halogens is 1. The van der Waals surface area contributed by atoms with Gasteiger partial charge in [0.25, 0.3) is 0 Å². The lowest BCUT2D eigenvalue weighted by atomic mass is 10.1. The van der Waals surface area contributed by atoms with Crippen molar-refractivity contribution in [2.24, 2.45) is 7.05 Å². The highest BCUT2D eigenvalue weighted by molar-refractivity contribution is 7.89. The van der Waals surface area contributed by atoms with Crippen LogP contribution in [0.2, 0.25) is 5.02 Å². The summed E-state index contributed by atoms with van der Waals surface area (Å²) < 4.78 is 34.6. The number of hydrogen-bond acceptors (Lipinski definition) is 5. The van der Waals surface area contributed by atoms with E-state index in [9.17, 15) is 18.0 Å². The molecule has 10 heteroatoms. The van der Waals surface area contributed by atoms with Crippen LogP contribution in [0.5, 0.6) is 0 Å². The van der Waals surface area contributed by atoms with E-state index in [1.165, 1.54) is 35.7 Å². The van der Waals surface area contributed by atoms with Gasteiger partial charge in [0.15, 0.2) is 0 Å². The van der Waals surface area contributed by atoms with Gasteiger partial charge in [-0.3, -0.25) is 4.79 Å². The Morgan fingerprint density at radius 2 is 1.93 bits per heavy atom. The zero-order valence-corrected chi connectivity index (χ0v) is 18.4. The number of rotatable bonds is 6. The van der Waals surface area contributed by atoms with Crippen LogP contribution in [0.1, 0.15) is 35.4 Å². The predicted octanol–water partition coefficient (Wildman–Crippen LogP) is 2.32. The highest BCUT2D eigenvalue weighted by Crippen LogP contribution is 2.26. The third kappa shape index (κ3) is 4.53. The minimum Gasteiger partial charge on any atom is -0.464 e. The maximum absolute atomic E-state index is 13.5. The molecular weight excluding hydrogens is 430 g/mol. The number of aromatic nitrogens is 1. The zero-order chi connectivity index (χ0) is 21.9. The Morgan fingerprint density at radius 3 is 2.60 bits per heavy atom. The largest absolute Gasteiger partial charge is 0.464 e. The average Bonchev–Trinajstić information content (AvgIpc) is 2.95. The number of amides is 1. The number of methoxy groups -OCH3 is 1. The minimum absolute atomic E-state index is 0.0475. The Bertz CT molecular complexity index is 1030. The first-order valence-electron chi connectivity index (χ1n) is 9.53. The van der Waals surface area contributed by atoms with Gasteiger partial charge in [-0.25, -0.2) is 13.2 Å². The van der Waals surface area contributed by atoms with Crippen molar-refractivity contribution in [2.75, 3.05) is 13.7 Å². The fourth-order valence-corrected chi connectivity index (χ4v) is 5.20. The smallest absolute Gasteiger partial charge is 0.354 e. The molecule has 1 amide bonds. The number of carbonyl (C=O) groups excluding carboxylic acids is 2. The Kier molecular flexibility index (Phi) is 6.84. The Hall–Kier alpha value is -2.36. The lowest BCUT2D eigenvalue weighted by Crippen LogP contribution is -2.48. The molecule has 2 aromatic rings. The van der Waals surface area contributed by atoms with Crippen molar-refractivity contribution >= 4 is 33.5 Å². The number of ether oxygens (including phenoxy) is 1. The second-order valence-corrected chi connectivity index (χ2v) is 9.39. The van der Waals surface area contributed by atoms with Gasteiger partial charge >= 0.3 is 5.97 Å².